The molecule has 0 aliphatic rings. The van der Waals surface area contributed by atoms with Crippen LogP contribution in [0.5, 0.6) is 5.75 Å². The number of nitrogens with zero attached hydrogens (tertiary/aromatic N) is 1. The molecule has 0 atom stereocenters. The number of pyridine rings is 1. The smallest absolute Gasteiger partial charge is 0.256 e. The molecule has 0 saturated heterocycles. The van der Waals surface area contributed by atoms with Crippen LogP contribution in [0.15, 0.2) is 66.9 Å². The molecule has 0 saturated carbocycles. The molecule has 2 aromatic carbocycles. The summed E-state index contributed by atoms with van der Waals surface area (Å²) in [6, 6.07) is 18.8. The molecule has 0 unspecified atom stereocenters. The van der Waals surface area contributed by atoms with E-state index in [1.807, 2.05) is 56.3 Å². The predicted octanol–water partition coefficient (Wildman–Crippen LogP) is 4.78. The third kappa shape index (κ3) is 4.60. The largest absolute Gasteiger partial charge is 0.494 e. The number of carbonyl (C=O) groups is 1. The molecule has 0 radical (unpaired) electrons. The van der Waals surface area contributed by atoms with Gasteiger partial charge in [0.1, 0.15) is 11.6 Å². The lowest BCUT2D eigenvalue weighted by molar-refractivity contribution is 0.102. The molecule has 0 fully saturated rings. The van der Waals surface area contributed by atoms with E-state index >= 15 is 0 Å². The van der Waals surface area contributed by atoms with E-state index < -0.39 is 0 Å². The van der Waals surface area contributed by atoms with Gasteiger partial charge in [0.2, 0.25) is 0 Å². The van der Waals surface area contributed by atoms with E-state index in [4.69, 9.17) is 4.74 Å². The van der Waals surface area contributed by atoms with Gasteiger partial charge in [0.05, 0.1) is 18.5 Å². The highest BCUT2D eigenvalue weighted by Crippen LogP contribution is 2.20. The summed E-state index contributed by atoms with van der Waals surface area (Å²) in [7, 11) is 0. The highest BCUT2D eigenvalue weighted by molar-refractivity contribution is 6.03. The maximum Gasteiger partial charge on any atom is 0.256 e. The minimum absolute atomic E-state index is 0.176. The predicted molar refractivity (Wildman–Crippen MR) is 104 cm³/mol. The van der Waals surface area contributed by atoms with Gasteiger partial charge in [0, 0.05) is 11.3 Å². The molecule has 1 aromatic heterocycles. The Kier molecular flexibility index (Phi) is 5.49. The molecule has 26 heavy (non-hydrogen) atoms. The number of anilines is 3. The van der Waals surface area contributed by atoms with Crippen molar-refractivity contribution < 1.29 is 9.53 Å². The third-order valence-corrected chi connectivity index (χ3v) is 3.77. The van der Waals surface area contributed by atoms with E-state index in [-0.39, 0.29) is 5.91 Å². The Morgan fingerprint density at radius 2 is 1.65 bits per heavy atom. The van der Waals surface area contributed by atoms with Crippen LogP contribution in [0, 0.1) is 6.92 Å². The molecule has 1 heterocycles. The second-order valence-corrected chi connectivity index (χ2v) is 5.83. The number of aromatic nitrogens is 1. The molecule has 5 nitrogen and oxygen atoms in total. The maximum atomic E-state index is 12.2. The number of carbonyl (C=O) groups excluding carboxylic acids is 1. The van der Waals surface area contributed by atoms with Crippen molar-refractivity contribution in [2.45, 2.75) is 13.8 Å². The Labute approximate surface area is 153 Å². The number of benzene rings is 2. The van der Waals surface area contributed by atoms with Crippen molar-refractivity contribution in [2.75, 3.05) is 17.2 Å². The van der Waals surface area contributed by atoms with Gasteiger partial charge in [-0.15, -0.1) is 0 Å². The quantitative estimate of drug-likeness (QED) is 0.673. The number of ether oxygens (including phenoxy) is 1. The zero-order valence-corrected chi connectivity index (χ0v) is 14.8. The van der Waals surface area contributed by atoms with Gasteiger partial charge in [-0.3, -0.25) is 4.79 Å². The lowest BCUT2D eigenvalue weighted by Gasteiger charge is -2.09. The van der Waals surface area contributed by atoms with E-state index in [1.165, 1.54) is 0 Å². The van der Waals surface area contributed by atoms with Crippen LogP contribution >= 0.6 is 0 Å². The molecular formula is C21H21N3O2. The standard InChI is InChI=1S/C21H21N3O2/c1-3-26-19-11-8-17(9-12-19)23-18-10-13-20(22-14-18)24-21(25)16-6-4-15(2)5-7-16/h4-14,23H,3H2,1-2H3,(H,22,24,25). The summed E-state index contributed by atoms with van der Waals surface area (Å²) in [5.41, 5.74) is 3.49. The number of nitrogens with one attached hydrogen (secondary N) is 2. The van der Waals surface area contributed by atoms with Crippen molar-refractivity contribution in [3.63, 3.8) is 0 Å². The summed E-state index contributed by atoms with van der Waals surface area (Å²) >= 11 is 0. The lowest BCUT2D eigenvalue weighted by atomic mass is 10.1. The summed E-state index contributed by atoms with van der Waals surface area (Å²) in [6.07, 6.45) is 1.68. The van der Waals surface area contributed by atoms with Gasteiger partial charge in [-0.05, 0) is 62.4 Å². The first-order chi connectivity index (χ1) is 12.6. The van der Waals surface area contributed by atoms with Crippen molar-refractivity contribution in [2.24, 2.45) is 0 Å². The highest BCUT2D eigenvalue weighted by atomic mass is 16.5. The van der Waals surface area contributed by atoms with Crippen LogP contribution in [0.3, 0.4) is 0 Å². The zero-order valence-electron chi connectivity index (χ0n) is 14.8. The number of hydrogen-bond acceptors (Lipinski definition) is 4. The van der Waals surface area contributed by atoms with Crippen molar-refractivity contribution >= 4 is 23.1 Å². The molecular weight excluding hydrogens is 326 g/mol. The molecule has 1 amide bonds. The first-order valence-corrected chi connectivity index (χ1v) is 8.48. The highest BCUT2D eigenvalue weighted by Gasteiger charge is 2.06. The Bertz CT molecular complexity index is 857. The fraction of sp³-hybridized carbons (Fsp3) is 0.143. The molecule has 5 heteroatoms. The minimum atomic E-state index is -0.176. The van der Waals surface area contributed by atoms with E-state index in [0.717, 1.165) is 22.7 Å². The van der Waals surface area contributed by atoms with Crippen molar-refractivity contribution in [3.8, 4) is 5.75 Å². The molecule has 132 valence electrons. The Morgan fingerprint density at radius 1 is 0.962 bits per heavy atom. The van der Waals surface area contributed by atoms with Crippen molar-refractivity contribution in [1.29, 1.82) is 0 Å². The molecule has 3 aromatic rings. The van der Waals surface area contributed by atoms with Gasteiger partial charge in [0.25, 0.3) is 5.91 Å². The summed E-state index contributed by atoms with van der Waals surface area (Å²) in [5, 5.41) is 6.06. The molecule has 3 rings (SSSR count). The summed E-state index contributed by atoms with van der Waals surface area (Å²) < 4.78 is 5.43. The molecule has 0 aliphatic heterocycles. The van der Waals surface area contributed by atoms with Gasteiger partial charge >= 0.3 is 0 Å². The second-order valence-electron chi connectivity index (χ2n) is 5.83. The van der Waals surface area contributed by atoms with Crippen LogP contribution in [0.1, 0.15) is 22.8 Å². The number of aryl methyl sites for hydroxylation is 1. The average molecular weight is 347 g/mol. The molecule has 0 spiro atoms. The molecule has 0 bridgehead atoms. The zero-order chi connectivity index (χ0) is 18.4. The van der Waals surface area contributed by atoms with Crippen LogP contribution in [0.25, 0.3) is 0 Å². The van der Waals surface area contributed by atoms with E-state index in [9.17, 15) is 4.79 Å². The minimum Gasteiger partial charge on any atom is -0.494 e. The Balaban J connectivity index is 1.61. The van der Waals surface area contributed by atoms with E-state index in [0.29, 0.717) is 18.0 Å². The first-order valence-electron chi connectivity index (χ1n) is 8.48. The SMILES string of the molecule is CCOc1ccc(Nc2ccc(NC(=O)c3ccc(C)cc3)nc2)cc1. The van der Waals surface area contributed by atoms with Gasteiger partial charge in [-0.25, -0.2) is 4.98 Å². The van der Waals surface area contributed by atoms with E-state index in [1.54, 1.807) is 24.4 Å². The van der Waals surface area contributed by atoms with Crippen molar-refractivity contribution in [3.05, 3.63) is 78.0 Å². The third-order valence-electron chi connectivity index (χ3n) is 3.77. The van der Waals surface area contributed by atoms with Crippen molar-refractivity contribution in [1.82, 2.24) is 4.98 Å². The fourth-order valence-electron chi connectivity index (χ4n) is 2.40. The van der Waals surface area contributed by atoms with Crippen LogP contribution < -0.4 is 15.4 Å². The van der Waals surface area contributed by atoms with Crippen LogP contribution in [-0.4, -0.2) is 17.5 Å². The summed E-state index contributed by atoms with van der Waals surface area (Å²) in [6.45, 7) is 4.59. The normalized spacial score (nSPS) is 10.2. The van der Waals surface area contributed by atoms with Gasteiger partial charge in [0.15, 0.2) is 0 Å². The van der Waals surface area contributed by atoms with Gasteiger partial charge in [-0.2, -0.15) is 0 Å². The monoisotopic (exact) mass is 347 g/mol. The van der Waals surface area contributed by atoms with Crippen LogP contribution in [-0.2, 0) is 0 Å². The van der Waals surface area contributed by atoms with E-state index in [2.05, 4.69) is 15.6 Å². The number of rotatable bonds is 6. The average Bonchev–Trinajstić information content (AvgIpc) is 2.66. The number of hydrogen-bond donors (Lipinski definition) is 2. The summed E-state index contributed by atoms with van der Waals surface area (Å²) in [4.78, 5) is 16.5. The van der Waals surface area contributed by atoms with Gasteiger partial charge < -0.3 is 15.4 Å². The fourth-order valence-corrected chi connectivity index (χ4v) is 2.40. The molecule has 0 aliphatic carbocycles. The second kappa shape index (κ2) is 8.16. The Morgan fingerprint density at radius 3 is 2.27 bits per heavy atom. The van der Waals surface area contributed by atoms with Crippen LogP contribution in [0.2, 0.25) is 0 Å². The Hall–Kier alpha value is -3.34. The maximum absolute atomic E-state index is 12.2. The number of amides is 1. The topological polar surface area (TPSA) is 63.2 Å². The summed E-state index contributed by atoms with van der Waals surface area (Å²) in [5.74, 6) is 1.17. The first kappa shape index (κ1) is 17.5. The van der Waals surface area contributed by atoms with Crippen LogP contribution in [0.4, 0.5) is 17.2 Å². The van der Waals surface area contributed by atoms with Gasteiger partial charge in [-0.1, -0.05) is 17.7 Å². The lowest BCUT2D eigenvalue weighted by Crippen LogP contribution is -2.12. The molecule has 2 N–H and O–H groups in total.